The van der Waals surface area contributed by atoms with Crippen LogP contribution in [-0.2, 0) is 11.2 Å². The fourth-order valence-electron chi connectivity index (χ4n) is 3.71. The average molecular weight is 321 g/mol. The molecule has 0 saturated carbocycles. The highest BCUT2D eigenvalue weighted by Crippen LogP contribution is 2.32. The Morgan fingerprint density at radius 3 is 2.77 bits per heavy atom. The standard InChI is InChI=1S/C17H27N3OS/c1-11(2)17-20-15(10-22-17)5-6-18-16(21)9-12-7-13-3-4-14(8-12)19-13/h10-14,19H,3-9H2,1-2H3,(H,18,21). The van der Waals surface area contributed by atoms with Crippen molar-refractivity contribution >= 4 is 17.2 Å². The van der Waals surface area contributed by atoms with Gasteiger partial charge in [-0.1, -0.05) is 13.8 Å². The number of nitrogens with zero attached hydrogens (tertiary/aromatic N) is 1. The number of amides is 1. The lowest BCUT2D eigenvalue weighted by Crippen LogP contribution is -2.39. The number of fused-ring (bicyclic) bond motifs is 2. The smallest absolute Gasteiger partial charge is 0.220 e. The van der Waals surface area contributed by atoms with Gasteiger partial charge in [0.1, 0.15) is 0 Å². The van der Waals surface area contributed by atoms with Crippen molar-refractivity contribution in [3.8, 4) is 0 Å². The van der Waals surface area contributed by atoms with Gasteiger partial charge in [0.15, 0.2) is 0 Å². The predicted molar refractivity (Wildman–Crippen MR) is 90.2 cm³/mol. The summed E-state index contributed by atoms with van der Waals surface area (Å²) in [6, 6.07) is 1.34. The molecule has 2 saturated heterocycles. The molecule has 3 rings (SSSR count). The molecule has 2 unspecified atom stereocenters. The molecule has 122 valence electrons. The van der Waals surface area contributed by atoms with E-state index in [-0.39, 0.29) is 5.91 Å². The normalized spacial score (nSPS) is 27.3. The SMILES string of the molecule is CC(C)c1nc(CCNC(=O)CC2CC3CCC(C2)N3)cs1. The lowest BCUT2D eigenvalue weighted by Gasteiger charge is -2.28. The minimum atomic E-state index is 0.214. The zero-order valence-corrected chi connectivity index (χ0v) is 14.4. The molecule has 2 aliphatic heterocycles. The van der Waals surface area contributed by atoms with Gasteiger partial charge < -0.3 is 10.6 Å². The zero-order valence-electron chi connectivity index (χ0n) is 13.6. The first-order chi connectivity index (χ1) is 10.6. The maximum Gasteiger partial charge on any atom is 0.220 e. The Kier molecular flexibility index (Phi) is 5.14. The summed E-state index contributed by atoms with van der Waals surface area (Å²) in [5.74, 6) is 1.28. The summed E-state index contributed by atoms with van der Waals surface area (Å²) in [5, 5.41) is 10.0. The number of thiazole rings is 1. The van der Waals surface area contributed by atoms with E-state index < -0.39 is 0 Å². The lowest BCUT2D eigenvalue weighted by molar-refractivity contribution is -0.122. The van der Waals surface area contributed by atoms with Crippen LogP contribution in [0.2, 0.25) is 0 Å². The van der Waals surface area contributed by atoms with Gasteiger partial charge in [0.25, 0.3) is 0 Å². The van der Waals surface area contributed by atoms with Crippen LogP contribution in [0.3, 0.4) is 0 Å². The van der Waals surface area contributed by atoms with E-state index in [9.17, 15) is 4.79 Å². The van der Waals surface area contributed by atoms with Crippen LogP contribution in [0.25, 0.3) is 0 Å². The second-order valence-electron chi connectivity index (χ2n) is 7.11. The van der Waals surface area contributed by atoms with Gasteiger partial charge in [0, 0.05) is 42.8 Å². The van der Waals surface area contributed by atoms with Crippen molar-refractivity contribution in [3.63, 3.8) is 0 Å². The molecule has 2 aliphatic rings. The number of nitrogens with one attached hydrogen (secondary N) is 2. The molecule has 5 heteroatoms. The highest BCUT2D eigenvalue weighted by molar-refractivity contribution is 7.09. The highest BCUT2D eigenvalue weighted by atomic mass is 32.1. The second kappa shape index (κ2) is 7.09. The zero-order chi connectivity index (χ0) is 15.5. The highest BCUT2D eigenvalue weighted by Gasteiger charge is 2.34. The number of piperidine rings is 1. The molecule has 0 spiro atoms. The van der Waals surface area contributed by atoms with Gasteiger partial charge in [-0.2, -0.15) is 0 Å². The molecule has 1 aromatic heterocycles. The third kappa shape index (κ3) is 4.07. The van der Waals surface area contributed by atoms with Crippen LogP contribution >= 0.6 is 11.3 Å². The lowest BCUT2D eigenvalue weighted by atomic mass is 9.89. The average Bonchev–Trinajstić information content (AvgIpc) is 3.06. The second-order valence-corrected chi connectivity index (χ2v) is 8.00. The Hall–Kier alpha value is -0.940. The molecule has 4 nitrogen and oxygen atoms in total. The fraction of sp³-hybridized carbons (Fsp3) is 0.765. The van der Waals surface area contributed by atoms with Gasteiger partial charge in [-0.05, 0) is 31.6 Å². The molecule has 2 atom stereocenters. The maximum atomic E-state index is 12.1. The van der Waals surface area contributed by atoms with Crippen molar-refractivity contribution in [2.75, 3.05) is 6.54 Å². The van der Waals surface area contributed by atoms with E-state index in [0.717, 1.165) is 12.1 Å². The van der Waals surface area contributed by atoms with Gasteiger partial charge in [-0.3, -0.25) is 4.79 Å². The van der Waals surface area contributed by atoms with Crippen LogP contribution in [-0.4, -0.2) is 29.5 Å². The van der Waals surface area contributed by atoms with E-state index >= 15 is 0 Å². The first-order valence-electron chi connectivity index (χ1n) is 8.57. The van der Waals surface area contributed by atoms with E-state index in [4.69, 9.17) is 0 Å². The van der Waals surface area contributed by atoms with Crippen molar-refractivity contribution < 1.29 is 4.79 Å². The molecule has 0 aliphatic carbocycles. The largest absolute Gasteiger partial charge is 0.356 e. The van der Waals surface area contributed by atoms with Crippen LogP contribution in [0.15, 0.2) is 5.38 Å². The summed E-state index contributed by atoms with van der Waals surface area (Å²) >= 11 is 1.72. The van der Waals surface area contributed by atoms with Crippen LogP contribution < -0.4 is 10.6 Å². The van der Waals surface area contributed by atoms with Gasteiger partial charge in [-0.25, -0.2) is 4.98 Å². The Morgan fingerprint density at radius 1 is 1.41 bits per heavy atom. The van der Waals surface area contributed by atoms with Crippen LogP contribution in [0.1, 0.15) is 62.6 Å². The molecule has 0 aromatic carbocycles. The van der Waals surface area contributed by atoms with Gasteiger partial charge >= 0.3 is 0 Å². The first-order valence-corrected chi connectivity index (χ1v) is 9.45. The van der Waals surface area contributed by atoms with Crippen molar-refractivity contribution in [1.29, 1.82) is 0 Å². The monoisotopic (exact) mass is 321 g/mol. The topological polar surface area (TPSA) is 54.0 Å². The Bertz CT molecular complexity index is 502. The molecule has 3 heterocycles. The van der Waals surface area contributed by atoms with Crippen molar-refractivity contribution in [3.05, 3.63) is 16.1 Å². The summed E-state index contributed by atoms with van der Waals surface area (Å²) in [5.41, 5.74) is 1.11. The maximum absolute atomic E-state index is 12.1. The minimum Gasteiger partial charge on any atom is -0.356 e. The van der Waals surface area contributed by atoms with Crippen LogP contribution in [0, 0.1) is 5.92 Å². The molecule has 2 bridgehead atoms. The molecule has 22 heavy (non-hydrogen) atoms. The predicted octanol–water partition coefficient (Wildman–Crippen LogP) is 2.85. The summed E-state index contributed by atoms with van der Waals surface area (Å²) in [7, 11) is 0. The number of carbonyl (C=O) groups is 1. The quantitative estimate of drug-likeness (QED) is 0.847. The van der Waals surface area contributed by atoms with E-state index in [0.29, 0.717) is 36.9 Å². The van der Waals surface area contributed by atoms with Crippen molar-refractivity contribution in [2.45, 2.75) is 70.4 Å². The number of aromatic nitrogens is 1. The van der Waals surface area contributed by atoms with Gasteiger partial charge in [-0.15, -0.1) is 11.3 Å². The van der Waals surface area contributed by atoms with Crippen molar-refractivity contribution in [1.82, 2.24) is 15.6 Å². The minimum absolute atomic E-state index is 0.214. The van der Waals surface area contributed by atoms with Gasteiger partial charge in [0.2, 0.25) is 5.91 Å². The van der Waals surface area contributed by atoms with Crippen LogP contribution in [0.5, 0.6) is 0 Å². The molecule has 0 radical (unpaired) electrons. The van der Waals surface area contributed by atoms with E-state index in [1.807, 2.05) is 0 Å². The summed E-state index contributed by atoms with van der Waals surface area (Å²) in [4.78, 5) is 16.7. The Labute approximate surface area is 137 Å². The van der Waals surface area contributed by atoms with E-state index in [2.05, 4.69) is 34.8 Å². The van der Waals surface area contributed by atoms with E-state index in [1.165, 1.54) is 30.7 Å². The molecule has 2 N–H and O–H groups in total. The third-order valence-corrected chi connectivity index (χ3v) is 6.01. The number of carbonyl (C=O) groups excluding carboxylic acids is 1. The Balaban J connectivity index is 1.37. The number of hydrogen-bond acceptors (Lipinski definition) is 4. The summed E-state index contributed by atoms with van der Waals surface area (Å²) < 4.78 is 0. The summed E-state index contributed by atoms with van der Waals surface area (Å²) in [6.07, 6.45) is 6.48. The third-order valence-electron chi connectivity index (χ3n) is 4.81. The van der Waals surface area contributed by atoms with Crippen molar-refractivity contribution in [2.24, 2.45) is 5.92 Å². The molecular formula is C17H27N3OS. The van der Waals surface area contributed by atoms with E-state index in [1.54, 1.807) is 11.3 Å². The molecular weight excluding hydrogens is 294 g/mol. The molecule has 1 amide bonds. The number of rotatable bonds is 6. The molecule has 2 fully saturated rings. The molecule has 1 aromatic rings. The fourth-order valence-corrected chi connectivity index (χ4v) is 4.58. The Morgan fingerprint density at radius 2 is 2.14 bits per heavy atom. The van der Waals surface area contributed by atoms with Crippen LogP contribution in [0.4, 0.5) is 0 Å². The number of hydrogen-bond donors (Lipinski definition) is 2. The summed E-state index contributed by atoms with van der Waals surface area (Å²) in [6.45, 7) is 5.03. The first kappa shape index (κ1) is 15.9. The van der Waals surface area contributed by atoms with Gasteiger partial charge in [0.05, 0.1) is 10.7 Å².